The van der Waals surface area contributed by atoms with Gasteiger partial charge in [-0.15, -0.1) is 0 Å². The van der Waals surface area contributed by atoms with Gasteiger partial charge >= 0.3 is 0 Å². The zero-order valence-electron chi connectivity index (χ0n) is 9.01. The Labute approximate surface area is 110 Å². The topological polar surface area (TPSA) is 29.1 Å². The molecule has 0 saturated carbocycles. The molecule has 0 aliphatic carbocycles. The van der Waals surface area contributed by atoms with Gasteiger partial charge in [-0.2, -0.15) is 0 Å². The van der Waals surface area contributed by atoms with Gasteiger partial charge in [0.1, 0.15) is 0 Å². The van der Waals surface area contributed by atoms with E-state index < -0.39 is 0 Å². The normalized spacial score (nSPS) is 10.1. The van der Waals surface area contributed by atoms with E-state index in [1.54, 1.807) is 6.07 Å². The minimum absolute atomic E-state index is 0.0526. The number of benzene rings is 1. The fraction of sp³-hybridized carbons (Fsp3) is 0.417. The van der Waals surface area contributed by atoms with Gasteiger partial charge in [-0.1, -0.05) is 39.7 Å². The van der Waals surface area contributed by atoms with E-state index in [0.29, 0.717) is 11.4 Å². The van der Waals surface area contributed by atoms with Crippen molar-refractivity contribution in [3.63, 3.8) is 0 Å². The lowest BCUT2D eigenvalue weighted by Gasteiger charge is -2.04. The van der Waals surface area contributed by atoms with Crippen LogP contribution in [0.2, 0.25) is 5.02 Å². The summed E-state index contributed by atoms with van der Waals surface area (Å²) < 4.78 is 0. The number of rotatable bonds is 6. The van der Waals surface area contributed by atoms with Crippen molar-refractivity contribution in [2.45, 2.75) is 19.3 Å². The molecule has 16 heavy (non-hydrogen) atoms. The fourth-order valence-electron chi connectivity index (χ4n) is 1.34. The molecule has 0 fully saturated rings. The predicted octanol–water partition coefficient (Wildman–Crippen LogP) is 3.17. The van der Waals surface area contributed by atoms with Crippen LogP contribution in [0.5, 0.6) is 0 Å². The number of nitrogens with one attached hydrogen (secondary N) is 1. The first kappa shape index (κ1) is 13.5. The summed E-state index contributed by atoms with van der Waals surface area (Å²) in [7, 11) is 0. The zero-order chi connectivity index (χ0) is 11.8. The summed E-state index contributed by atoms with van der Waals surface area (Å²) in [6.07, 6.45) is 2.48. The van der Waals surface area contributed by atoms with E-state index in [4.69, 9.17) is 11.6 Å². The van der Waals surface area contributed by atoms with Gasteiger partial charge in [-0.3, -0.25) is 4.79 Å². The van der Waals surface area contributed by atoms with Crippen molar-refractivity contribution in [1.29, 1.82) is 0 Å². The van der Waals surface area contributed by atoms with Gasteiger partial charge in [0.25, 0.3) is 0 Å². The number of alkyl halides is 1. The molecule has 1 aromatic rings. The van der Waals surface area contributed by atoms with Crippen LogP contribution >= 0.6 is 27.5 Å². The zero-order valence-corrected chi connectivity index (χ0v) is 11.4. The molecule has 0 unspecified atom stereocenters. The average molecular weight is 305 g/mol. The molecule has 0 spiro atoms. The van der Waals surface area contributed by atoms with Crippen LogP contribution in [-0.4, -0.2) is 17.8 Å². The van der Waals surface area contributed by atoms with Crippen LogP contribution in [0.3, 0.4) is 0 Å². The summed E-state index contributed by atoms with van der Waals surface area (Å²) in [4.78, 5) is 11.5. The average Bonchev–Trinajstić information content (AvgIpc) is 2.24. The Morgan fingerprint density at radius 1 is 1.38 bits per heavy atom. The molecule has 0 atom stereocenters. The van der Waals surface area contributed by atoms with Crippen LogP contribution < -0.4 is 5.32 Å². The van der Waals surface area contributed by atoms with Gasteiger partial charge in [0.05, 0.1) is 6.42 Å². The second kappa shape index (κ2) is 7.69. The van der Waals surface area contributed by atoms with E-state index in [1.807, 2.05) is 18.2 Å². The quantitative estimate of drug-likeness (QED) is 0.635. The smallest absolute Gasteiger partial charge is 0.224 e. The Bertz CT molecular complexity index is 344. The van der Waals surface area contributed by atoms with Gasteiger partial charge in [0.15, 0.2) is 0 Å². The highest BCUT2D eigenvalue weighted by Crippen LogP contribution is 2.10. The highest BCUT2D eigenvalue weighted by molar-refractivity contribution is 9.09. The van der Waals surface area contributed by atoms with Crippen LogP contribution in [-0.2, 0) is 11.2 Å². The Kier molecular flexibility index (Phi) is 6.50. The summed E-state index contributed by atoms with van der Waals surface area (Å²) in [6, 6.07) is 7.39. The molecule has 0 radical (unpaired) electrons. The molecule has 1 rings (SSSR count). The molecular weight excluding hydrogens is 289 g/mol. The molecule has 0 aromatic heterocycles. The van der Waals surface area contributed by atoms with Crippen molar-refractivity contribution in [2.75, 3.05) is 11.9 Å². The Balaban J connectivity index is 2.29. The molecule has 0 bridgehead atoms. The number of amides is 1. The van der Waals surface area contributed by atoms with E-state index in [0.717, 1.165) is 30.3 Å². The first-order valence-corrected chi connectivity index (χ1v) is 6.79. The van der Waals surface area contributed by atoms with Crippen LogP contribution in [0.4, 0.5) is 0 Å². The Morgan fingerprint density at radius 3 is 2.88 bits per heavy atom. The standard InChI is InChI=1S/C12H15BrClNO/c13-6-1-2-7-15-12(16)9-10-4-3-5-11(14)8-10/h3-5,8H,1-2,6-7,9H2,(H,15,16). The van der Waals surface area contributed by atoms with Gasteiger partial charge in [-0.25, -0.2) is 0 Å². The molecule has 1 amide bonds. The van der Waals surface area contributed by atoms with E-state index in [9.17, 15) is 4.79 Å². The number of hydrogen-bond donors (Lipinski definition) is 1. The van der Waals surface area contributed by atoms with Crippen molar-refractivity contribution in [3.05, 3.63) is 34.9 Å². The van der Waals surface area contributed by atoms with Crippen molar-refractivity contribution < 1.29 is 4.79 Å². The highest BCUT2D eigenvalue weighted by Gasteiger charge is 2.02. The number of carbonyl (C=O) groups is 1. The van der Waals surface area contributed by atoms with Gasteiger partial charge in [0.2, 0.25) is 5.91 Å². The third-order valence-electron chi connectivity index (χ3n) is 2.14. The van der Waals surface area contributed by atoms with Crippen molar-refractivity contribution in [1.82, 2.24) is 5.32 Å². The van der Waals surface area contributed by atoms with E-state index in [1.165, 1.54) is 0 Å². The monoisotopic (exact) mass is 303 g/mol. The van der Waals surface area contributed by atoms with Crippen LogP contribution in [0.25, 0.3) is 0 Å². The van der Waals surface area contributed by atoms with Crippen LogP contribution in [0.1, 0.15) is 18.4 Å². The van der Waals surface area contributed by atoms with Gasteiger partial charge < -0.3 is 5.32 Å². The van der Waals surface area contributed by atoms with Gasteiger partial charge in [-0.05, 0) is 30.5 Å². The lowest BCUT2D eigenvalue weighted by atomic mass is 10.1. The lowest BCUT2D eigenvalue weighted by molar-refractivity contribution is -0.120. The second-order valence-corrected chi connectivity index (χ2v) is 4.78. The summed E-state index contributed by atoms with van der Waals surface area (Å²) in [5.41, 5.74) is 0.950. The third-order valence-corrected chi connectivity index (χ3v) is 2.93. The molecule has 0 heterocycles. The fourth-order valence-corrected chi connectivity index (χ4v) is 1.95. The van der Waals surface area contributed by atoms with E-state index in [2.05, 4.69) is 21.2 Å². The first-order valence-electron chi connectivity index (χ1n) is 5.29. The molecular formula is C12H15BrClNO. The molecule has 0 aliphatic heterocycles. The maximum absolute atomic E-state index is 11.5. The largest absolute Gasteiger partial charge is 0.356 e. The summed E-state index contributed by atoms with van der Waals surface area (Å²) in [6.45, 7) is 0.741. The molecule has 1 aromatic carbocycles. The number of carbonyl (C=O) groups excluding carboxylic acids is 1. The van der Waals surface area contributed by atoms with E-state index in [-0.39, 0.29) is 5.91 Å². The minimum atomic E-state index is 0.0526. The van der Waals surface area contributed by atoms with E-state index >= 15 is 0 Å². The molecule has 0 aliphatic rings. The summed E-state index contributed by atoms with van der Waals surface area (Å²) in [5, 5.41) is 4.54. The molecule has 2 nitrogen and oxygen atoms in total. The maximum atomic E-state index is 11.5. The Morgan fingerprint density at radius 2 is 2.19 bits per heavy atom. The second-order valence-electron chi connectivity index (χ2n) is 3.55. The summed E-state index contributed by atoms with van der Waals surface area (Å²) >= 11 is 9.19. The minimum Gasteiger partial charge on any atom is -0.356 e. The Hall–Kier alpha value is -0.540. The predicted molar refractivity (Wildman–Crippen MR) is 71.2 cm³/mol. The SMILES string of the molecule is O=C(Cc1cccc(Cl)c1)NCCCCBr. The third kappa shape index (κ3) is 5.52. The molecule has 0 saturated heterocycles. The molecule has 1 N–H and O–H groups in total. The maximum Gasteiger partial charge on any atom is 0.224 e. The van der Waals surface area contributed by atoms with Crippen molar-refractivity contribution >= 4 is 33.4 Å². The van der Waals surface area contributed by atoms with Crippen LogP contribution in [0.15, 0.2) is 24.3 Å². The lowest BCUT2D eigenvalue weighted by Crippen LogP contribution is -2.26. The number of halogens is 2. The molecule has 88 valence electrons. The summed E-state index contributed by atoms with van der Waals surface area (Å²) in [5.74, 6) is 0.0526. The van der Waals surface area contributed by atoms with Gasteiger partial charge in [0, 0.05) is 16.9 Å². The molecule has 4 heteroatoms. The van der Waals surface area contributed by atoms with Crippen molar-refractivity contribution in [3.8, 4) is 0 Å². The number of unbranched alkanes of at least 4 members (excludes halogenated alkanes) is 1. The first-order chi connectivity index (χ1) is 7.72. The number of hydrogen-bond acceptors (Lipinski definition) is 1. The highest BCUT2D eigenvalue weighted by atomic mass is 79.9. The van der Waals surface area contributed by atoms with Crippen LogP contribution in [0, 0.1) is 0 Å². The van der Waals surface area contributed by atoms with Crippen molar-refractivity contribution in [2.24, 2.45) is 0 Å².